The molecule has 1 aliphatic carbocycles. The summed E-state index contributed by atoms with van der Waals surface area (Å²) in [6.07, 6.45) is 1.27. The van der Waals surface area contributed by atoms with E-state index in [9.17, 15) is 0 Å². The molecular formula is C15H16BrNO. The van der Waals surface area contributed by atoms with E-state index in [0.717, 1.165) is 34.1 Å². The van der Waals surface area contributed by atoms with Crippen LogP contribution in [0, 0.1) is 5.92 Å². The first kappa shape index (κ1) is 11.8. The van der Waals surface area contributed by atoms with E-state index in [0.29, 0.717) is 5.92 Å². The predicted octanol–water partition coefficient (Wildman–Crippen LogP) is 4.78. The van der Waals surface area contributed by atoms with Crippen molar-refractivity contribution in [3.05, 3.63) is 52.4 Å². The monoisotopic (exact) mass is 305 g/mol. The summed E-state index contributed by atoms with van der Waals surface area (Å²) in [7, 11) is 0. The van der Waals surface area contributed by atoms with Crippen molar-refractivity contribution in [1.29, 1.82) is 0 Å². The van der Waals surface area contributed by atoms with E-state index in [4.69, 9.17) is 4.42 Å². The first-order valence-electron chi connectivity index (χ1n) is 6.30. The SMILES string of the molecule is CC1CC1c1ccc(CNc2ccc(Br)cc2)o1. The van der Waals surface area contributed by atoms with E-state index in [1.807, 2.05) is 12.1 Å². The lowest BCUT2D eigenvalue weighted by molar-refractivity contribution is 0.468. The van der Waals surface area contributed by atoms with E-state index >= 15 is 0 Å². The molecule has 2 unspecified atom stereocenters. The fourth-order valence-electron chi connectivity index (χ4n) is 2.16. The highest BCUT2D eigenvalue weighted by Crippen LogP contribution is 2.47. The summed E-state index contributed by atoms with van der Waals surface area (Å²) in [6.45, 7) is 3.01. The molecule has 0 saturated heterocycles. The predicted molar refractivity (Wildman–Crippen MR) is 76.7 cm³/mol. The summed E-state index contributed by atoms with van der Waals surface area (Å²) in [5, 5.41) is 3.36. The number of rotatable bonds is 4. The summed E-state index contributed by atoms with van der Waals surface area (Å²) < 4.78 is 6.95. The van der Waals surface area contributed by atoms with Gasteiger partial charge in [0.15, 0.2) is 0 Å². The third-order valence-electron chi connectivity index (χ3n) is 3.47. The van der Waals surface area contributed by atoms with Crippen molar-refractivity contribution in [3.8, 4) is 0 Å². The van der Waals surface area contributed by atoms with Gasteiger partial charge in [-0.25, -0.2) is 0 Å². The van der Waals surface area contributed by atoms with E-state index in [2.05, 4.69) is 52.4 Å². The van der Waals surface area contributed by atoms with Gasteiger partial charge >= 0.3 is 0 Å². The second-order valence-corrected chi connectivity index (χ2v) is 5.90. The van der Waals surface area contributed by atoms with Crippen molar-refractivity contribution < 1.29 is 4.42 Å². The summed E-state index contributed by atoms with van der Waals surface area (Å²) in [4.78, 5) is 0. The summed E-state index contributed by atoms with van der Waals surface area (Å²) in [5.41, 5.74) is 1.11. The minimum Gasteiger partial charge on any atom is -0.464 e. The van der Waals surface area contributed by atoms with Gasteiger partial charge in [0.2, 0.25) is 0 Å². The van der Waals surface area contributed by atoms with E-state index < -0.39 is 0 Å². The van der Waals surface area contributed by atoms with Crippen LogP contribution in [-0.2, 0) is 6.54 Å². The van der Waals surface area contributed by atoms with Crippen LogP contribution in [0.1, 0.15) is 30.8 Å². The molecule has 1 heterocycles. The molecule has 2 nitrogen and oxygen atoms in total. The molecule has 0 spiro atoms. The van der Waals surface area contributed by atoms with Gasteiger partial charge in [0.05, 0.1) is 6.54 Å². The van der Waals surface area contributed by atoms with Crippen LogP contribution in [0.5, 0.6) is 0 Å². The highest BCUT2D eigenvalue weighted by molar-refractivity contribution is 9.10. The number of benzene rings is 1. The number of hydrogen-bond acceptors (Lipinski definition) is 2. The summed E-state index contributed by atoms with van der Waals surface area (Å²) >= 11 is 3.43. The van der Waals surface area contributed by atoms with Gasteiger partial charge in [0.25, 0.3) is 0 Å². The molecule has 0 aliphatic heterocycles. The number of nitrogens with one attached hydrogen (secondary N) is 1. The van der Waals surface area contributed by atoms with Crippen LogP contribution >= 0.6 is 15.9 Å². The molecule has 0 bridgehead atoms. The molecule has 1 aliphatic rings. The zero-order valence-electron chi connectivity index (χ0n) is 10.3. The Kier molecular flexibility index (Phi) is 3.16. The fraction of sp³-hybridized carbons (Fsp3) is 0.333. The molecular weight excluding hydrogens is 290 g/mol. The Morgan fingerprint density at radius 1 is 1.22 bits per heavy atom. The summed E-state index contributed by atoms with van der Waals surface area (Å²) in [6, 6.07) is 12.4. The van der Waals surface area contributed by atoms with Crippen LogP contribution in [0.2, 0.25) is 0 Å². The minimum atomic E-state index is 0.659. The number of furan rings is 1. The molecule has 18 heavy (non-hydrogen) atoms. The molecule has 1 aromatic carbocycles. The molecule has 2 atom stereocenters. The topological polar surface area (TPSA) is 25.2 Å². The number of halogens is 1. The Hall–Kier alpha value is -1.22. The van der Waals surface area contributed by atoms with Gasteiger partial charge in [0.1, 0.15) is 11.5 Å². The quantitative estimate of drug-likeness (QED) is 0.879. The first-order valence-corrected chi connectivity index (χ1v) is 7.10. The van der Waals surface area contributed by atoms with E-state index in [1.54, 1.807) is 0 Å². The van der Waals surface area contributed by atoms with Crippen LogP contribution in [0.15, 0.2) is 45.3 Å². The standard InChI is InChI=1S/C15H16BrNO/c1-10-8-14(10)15-7-6-13(18-15)9-17-12-4-2-11(16)3-5-12/h2-7,10,14,17H,8-9H2,1H3. The molecule has 1 aromatic heterocycles. The van der Waals surface area contributed by atoms with Crippen LogP contribution in [0.3, 0.4) is 0 Å². The molecule has 3 rings (SSSR count). The van der Waals surface area contributed by atoms with Gasteiger partial charge in [-0.15, -0.1) is 0 Å². The van der Waals surface area contributed by atoms with Crippen molar-refractivity contribution >= 4 is 21.6 Å². The minimum absolute atomic E-state index is 0.659. The van der Waals surface area contributed by atoms with Crippen LogP contribution in [-0.4, -0.2) is 0 Å². The Morgan fingerprint density at radius 2 is 1.94 bits per heavy atom. The maximum absolute atomic E-state index is 5.85. The Balaban J connectivity index is 1.59. The van der Waals surface area contributed by atoms with Crippen molar-refractivity contribution in [2.24, 2.45) is 5.92 Å². The molecule has 0 radical (unpaired) electrons. The van der Waals surface area contributed by atoms with Gasteiger partial charge in [-0.3, -0.25) is 0 Å². The average Bonchev–Trinajstić information content (AvgIpc) is 2.92. The number of anilines is 1. The van der Waals surface area contributed by atoms with Crippen molar-refractivity contribution in [2.45, 2.75) is 25.8 Å². The van der Waals surface area contributed by atoms with Crippen LogP contribution in [0.4, 0.5) is 5.69 Å². The molecule has 3 heteroatoms. The largest absolute Gasteiger partial charge is 0.464 e. The molecule has 0 amide bonds. The maximum Gasteiger partial charge on any atom is 0.123 e. The molecule has 1 saturated carbocycles. The lowest BCUT2D eigenvalue weighted by Crippen LogP contribution is -1.97. The van der Waals surface area contributed by atoms with Gasteiger partial charge in [0, 0.05) is 16.1 Å². The maximum atomic E-state index is 5.85. The molecule has 1 N–H and O–H groups in total. The van der Waals surface area contributed by atoms with Gasteiger partial charge in [-0.2, -0.15) is 0 Å². The Bertz CT molecular complexity index is 532. The highest BCUT2D eigenvalue weighted by Gasteiger charge is 2.36. The molecule has 1 fully saturated rings. The highest BCUT2D eigenvalue weighted by atomic mass is 79.9. The van der Waals surface area contributed by atoms with Crippen molar-refractivity contribution in [2.75, 3.05) is 5.32 Å². The van der Waals surface area contributed by atoms with Gasteiger partial charge < -0.3 is 9.73 Å². The summed E-state index contributed by atoms with van der Waals surface area (Å²) in [5.74, 6) is 3.61. The van der Waals surface area contributed by atoms with Crippen LogP contribution in [0.25, 0.3) is 0 Å². The Morgan fingerprint density at radius 3 is 2.61 bits per heavy atom. The zero-order chi connectivity index (χ0) is 12.5. The smallest absolute Gasteiger partial charge is 0.123 e. The third kappa shape index (κ3) is 2.61. The van der Waals surface area contributed by atoms with E-state index in [1.165, 1.54) is 6.42 Å². The first-order chi connectivity index (χ1) is 8.72. The average molecular weight is 306 g/mol. The van der Waals surface area contributed by atoms with Crippen LogP contribution < -0.4 is 5.32 Å². The third-order valence-corrected chi connectivity index (χ3v) is 4.00. The fourth-order valence-corrected chi connectivity index (χ4v) is 2.43. The lowest BCUT2D eigenvalue weighted by atomic mass is 10.3. The van der Waals surface area contributed by atoms with Crippen molar-refractivity contribution in [3.63, 3.8) is 0 Å². The molecule has 2 aromatic rings. The van der Waals surface area contributed by atoms with Gasteiger partial charge in [-0.05, 0) is 48.7 Å². The Labute approximate surface area is 116 Å². The van der Waals surface area contributed by atoms with E-state index in [-0.39, 0.29) is 0 Å². The second-order valence-electron chi connectivity index (χ2n) is 4.98. The molecule has 94 valence electrons. The normalized spacial score (nSPS) is 21.9. The second kappa shape index (κ2) is 4.81. The number of hydrogen-bond donors (Lipinski definition) is 1. The lowest BCUT2D eigenvalue weighted by Gasteiger charge is -2.04. The van der Waals surface area contributed by atoms with Crippen molar-refractivity contribution in [1.82, 2.24) is 0 Å². The van der Waals surface area contributed by atoms with Gasteiger partial charge in [-0.1, -0.05) is 22.9 Å². The zero-order valence-corrected chi connectivity index (χ0v) is 11.9.